The summed E-state index contributed by atoms with van der Waals surface area (Å²) in [7, 11) is 0. The van der Waals surface area contributed by atoms with Crippen molar-refractivity contribution in [1.29, 1.82) is 0 Å². The van der Waals surface area contributed by atoms with Crippen molar-refractivity contribution in [2.45, 2.75) is 77.6 Å². The molecule has 1 heterocycles. The van der Waals surface area contributed by atoms with Gasteiger partial charge < -0.3 is 9.52 Å². The van der Waals surface area contributed by atoms with E-state index in [0.29, 0.717) is 6.42 Å². The fourth-order valence-electron chi connectivity index (χ4n) is 2.46. The summed E-state index contributed by atoms with van der Waals surface area (Å²) in [6.45, 7) is 2.21. The first-order valence-corrected chi connectivity index (χ1v) is 8.47. The van der Waals surface area contributed by atoms with E-state index in [2.05, 4.69) is 19.1 Å². The highest BCUT2D eigenvalue weighted by Crippen LogP contribution is 2.15. The SMILES string of the molecule is CCCCCCc1ccc(CCCCCCC(=O)C(=O)O)o1. The van der Waals surface area contributed by atoms with Gasteiger partial charge in [0.05, 0.1) is 0 Å². The molecular weight excluding hydrogens is 280 g/mol. The maximum atomic E-state index is 10.9. The monoisotopic (exact) mass is 308 g/mol. The maximum absolute atomic E-state index is 10.9. The number of unbranched alkanes of at least 4 members (excludes halogenated alkanes) is 6. The smallest absolute Gasteiger partial charge is 0.372 e. The van der Waals surface area contributed by atoms with Crippen LogP contribution in [0.2, 0.25) is 0 Å². The van der Waals surface area contributed by atoms with Crippen molar-refractivity contribution in [1.82, 2.24) is 0 Å². The Morgan fingerprint density at radius 3 is 2.00 bits per heavy atom. The number of ketones is 1. The lowest BCUT2D eigenvalue weighted by Gasteiger charge is -2.00. The van der Waals surface area contributed by atoms with E-state index in [1.807, 2.05) is 0 Å². The molecule has 0 aliphatic rings. The van der Waals surface area contributed by atoms with Crippen LogP contribution in [0.5, 0.6) is 0 Å². The quantitative estimate of drug-likeness (QED) is 0.429. The summed E-state index contributed by atoms with van der Waals surface area (Å²) >= 11 is 0. The summed E-state index contributed by atoms with van der Waals surface area (Å²) in [6, 6.07) is 4.13. The maximum Gasteiger partial charge on any atom is 0.372 e. The van der Waals surface area contributed by atoms with Crippen LogP contribution in [0.15, 0.2) is 16.5 Å². The van der Waals surface area contributed by atoms with Crippen molar-refractivity contribution in [3.05, 3.63) is 23.7 Å². The van der Waals surface area contributed by atoms with Crippen LogP contribution < -0.4 is 0 Å². The molecule has 124 valence electrons. The van der Waals surface area contributed by atoms with Gasteiger partial charge in [0.2, 0.25) is 5.78 Å². The predicted molar refractivity (Wildman–Crippen MR) is 86.0 cm³/mol. The molecule has 1 aromatic heterocycles. The Balaban J connectivity index is 2.06. The van der Waals surface area contributed by atoms with Crippen molar-refractivity contribution in [3.63, 3.8) is 0 Å². The van der Waals surface area contributed by atoms with Gasteiger partial charge in [-0.2, -0.15) is 0 Å². The van der Waals surface area contributed by atoms with E-state index >= 15 is 0 Å². The van der Waals surface area contributed by atoms with Crippen molar-refractivity contribution in [2.75, 3.05) is 0 Å². The van der Waals surface area contributed by atoms with E-state index < -0.39 is 11.8 Å². The lowest BCUT2D eigenvalue weighted by Crippen LogP contribution is -2.11. The standard InChI is InChI=1S/C18H28O4/c1-2-3-4-7-10-15-13-14-16(22-15)11-8-5-6-9-12-17(19)18(20)21/h13-14H,2-12H2,1H3,(H,20,21). The molecule has 1 N–H and O–H groups in total. The molecule has 4 heteroatoms. The Kier molecular flexibility index (Phi) is 9.28. The average Bonchev–Trinajstić information content (AvgIpc) is 2.94. The number of aliphatic carboxylic acids is 1. The molecule has 1 aromatic rings. The molecule has 0 bridgehead atoms. The molecule has 0 aromatic carbocycles. The van der Waals surface area contributed by atoms with E-state index in [-0.39, 0.29) is 6.42 Å². The highest BCUT2D eigenvalue weighted by Gasteiger charge is 2.09. The first-order valence-electron chi connectivity index (χ1n) is 8.47. The zero-order chi connectivity index (χ0) is 16.2. The Labute approximate surface area is 132 Å². The van der Waals surface area contributed by atoms with Gasteiger partial charge in [0.25, 0.3) is 0 Å². The van der Waals surface area contributed by atoms with Gasteiger partial charge in [0.1, 0.15) is 11.5 Å². The normalized spacial score (nSPS) is 10.8. The zero-order valence-electron chi connectivity index (χ0n) is 13.6. The number of Topliss-reactive ketones (excluding diaryl/α,β-unsaturated/α-hetero) is 1. The Bertz CT molecular complexity index is 448. The van der Waals surface area contributed by atoms with Gasteiger partial charge in [0.15, 0.2) is 0 Å². The van der Waals surface area contributed by atoms with E-state index in [0.717, 1.165) is 43.6 Å². The molecule has 0 unspecified atom stereocenters. The van der Waals surface area contributed by atoms with E-state index in [4.69, 9.17) is 9.52 Å². The number of aryl methyl sites for hydroxylation is 2. The molecule has 0 aliphatic carbocycles. The van der Waals surface area contributed by atoms with Crippen LogP contribution in [-0.2, 0) is 22.4 Å². The molecule has 0 saturated carbocycles. The molecule has 0 fully saturated rings. The first kappa shape index (κ1) is 18.5. The Morgan fingerprint density at radius 2 is 1.45 bits per heavy atom. The highest BCUT2D eigenvalue weighted by atomic mass is 16.4. The van der Waals surface area contributed by atoms with E-state index in [1.165, 1.54) is 25.7 Å². The van der Waals surface area contributed by atoms with E-state index in [1.54, 1.807) is 0 Å². The molecule has 0 aliphatic heterocycles. The summed E-state index contributed by atoms with van der Waals surface area (Å²) in [6.07, 6.45) is 10.7. The van der Waals surface area contributed by atoms with Crippen LogP contribution in [0.3, 0.4) is 0 Å². The Hall–Kier alpha value is -1.58. The predicted octanol–water partition coefficient (Wildman–Crippen LogP) is 4.55. The second kappa shape index (κ2) is 11.0. The van der Waals surface area contributed by atoms with Crippen LogP contribution >= 0.6 is 0 Å². The van der Waals surface area contributed by atoms with Crippen LogP contribution in [-0.4, -0.2) is 16.9 Å². The minimum atomic E-state index is -1.32. The fourth-order valence-corrected chi connectivity index (χ4v) is 2.46. The minimum absolute atomic E-state index is 0.151. The summed E-state index contributed by atoms with van der Waals surface area (Å²) in [5, 5.41) is 8.47. The minimum Gasteiger partial charge on any atom is -0.476 e. The second-order valence-electron chi connectivity index (χ2n) is 5.82. The third-order valence-corrected chi connectivity index (χ3v) is 3.81. The second-order valence-corrected chi connectivity index (χ2v) is 5.82. The molecule has 22 heavy (non-hydrogen) atoms. The molecule has 0 spiro atoms. The van der Waals surface area contributed by atoms with Crippen molar-refractivity contribution in [2.24, 2.45) is 0 Å². The van der Waals surface area contributed by atoms with Gasteiger partial charge in [-0.25, -0.2) is 4.79 Å². The number of carbonyl (C=O) groups excluding carboxylic acids is 1. The highest BCUT2D eigenvalue weighted by molar-refractivity contribution is 6.32. The summed E-state index contributed by atoms with van der Waals surface area (Å²) in [5.74, 6) is 0.117. The first-order chi connectivity index (χ1) is 10.6. The average molecular weight is 308 g/mol. The lowest BCUT2D eigenvalue weighted by atomic mass is 10.1. The van der Waals surface area contributed by atoms with Gasteiger partial charge in [0, 0.05) is 19.3 Å². The number of carboxylic acids is 1. The van der Waals surface area contributed by atoms with Crippen molar-refractivity contribution in [3.8, 4) is 0 Å². The largest absolute Gasteiger partial charge is 0.476 e. The molecule has 0 saturated heterocycles. The number of hydrogen-bond acceptors (Lipinski definition) is 3. The third kappa shape index (κ3) is 8.01. The van der Waals surface area contributed by atoms with Gasteiger partial charge >= 0.3 is 5.97 Å². The van der Waals surface area contributed by atoms with Crippen LogP contribution in [0.4, 0.5) is 0 Å². The molecular formula is C18H28O4. The third-order valence-electron chi connectivity index (χ3n) is 3.81. The van der Waals surface area contributed by atoms with Crippen molar-refractivity contribution >= 4 is 11.8 Å². The van der Waals surface area contributed by atoms with Crippen LogP contribution in [0.1, 0.15) is 76.2 Å². The lowest BCUT2D eigenvalue weighted by molar-refractivity contribution is -0.149. The van der Waals surface area contributed by atoms with Gasteiger partial charge in [-0.05, 0) is 31.4 Å². The van der Waals surface area contributed by atoms with Crippen molar-refractivity contribution < 1.29 is 19.1 Å². The number of carbonyl (C=O) groups is 2. The summed E-state index contributed by atoms with van der Waals surface area (Å²) in [5.41, 5.74) is 0. The molecule has 0 atom stereocenters. The fraction of sp³-hybridized carbons (Fsp3) is 0.667. The molecule has 1 rings (SSSR count). The summed E-state index contributed by atoms with van der Waals surface area (Å²) < 4.78 is 5.81. The number of rotatable bonds is 13. The van der Waals surface area contributed by atoms with Gasteiger partial charge in [-0.15, -0.1) is 0 Å². The van der Waals surface area contributed by atoms with Gasteiger partial charge in [-0.1, -0.05) is 39.0 Å². The number of hydrogen-bond donors (Lipinski definition) is 1. The van der Waals surface area contributed by atoms with E-state index in [9.17, 15) is 9.59 Å². The topological polar surface area (TPSA) is 67.5 Å². The Morgan fingerprint density at radius 1 is 0.909 bits per heavy atom. The zero-order valence-corrected chi connectivity index (χ0v) is 13.6. The van der Waals surface area contributed by atoms with Crippen LogP contribution in [0.25, 0.3) is 0 Å². The molecule has 4 nitrogen and oxygen atoms in total. The summed E-state index contributed by atoms with van der Waals surface area (Å²) in [4.78, 5) is 21.3. The number of carboxylic acid groups (broad SMARTS) is 1. The van der Waals surface area contributed by atoms with Crippen LogP contribution in [0, 0.1) is 0 Å². The molecule has 0 amide bonds. The number of furan rings is 1. The van der Waals surface area contributed by atoms with Gasteiger partial charge in [-0.3, -0.25) is 4.79 Å². The molecule has 0 radical (unpaired) electrons.